The molecule has 2 aromatic carbocycles. The number of carbonyl (C=O) groups is 1. The average molecular weight is 438 g/mol. The number of aryl methyl sites for hydroxylation is 1. The molecule has 9 heteroatoms. The first-order valence-corrected chi connectivity index (χ1v) is 10.9. The fraction of sp³-hybridized carbons (Fsp3) is 0.0952. The molecule has 0 saturated heterocycles. The summed E-state index contributed by atoms with van der Waals surface area (Å²) in [5.74, 6) is 7.31. The lowest BCUT2D eigenvalue weighted by Crippen LogP contribution is -2.16. The Labute approximate surface area is 182 Å². The van der Waals surface area contributed by atoms with Gasteiger partial charge >= 0.3 is 0 Å². The molecule has 0 bridgehead atoms. The number of thioether (sulfide) groups is 1. The van der Waals surface area contributed by atoms with Gasteiger partial charge in [0.1, 0.15) is 5.76 Å². The summed E-state index contributed by atoms with van der Waals surface area (Å²) in [5, 5.41) is 11.6. The van der Waals surface area contributed by atoms with E-state index in [0.717, 1.165) is 21.0 Å². The molecule has 0 spiro atoms. The number of anilines is 1. The molecule has 0 atom stereocenters. The number of benzene rings is 2. The van der Waals surface area contributed by atoms with Gasteiger partial charge in [0.25, 0.3) is 0 Å². The summed E-state index contributed by atoms with van der Waals surface area (Å²) in [6, 6.07) is 19.5. The van der Waals surface area contributed by atoms with Crippen LogP contribution in [-0.2, 0) is 4.79 Å². The first-order valence-electron chi connectivity index (χ1n) is 9.11. The summed E-state index contributed by atoms with van der Waals surface area (Å²) in [6.45, 7) is 1.83. The number of amides is 1. The van der Waals surface area contributed by atoms with Crippen LogP contribution in [0.4, 0.5) is 5.69 Å². The molecule has 2 heterocycles. The third-order valence-corrected chi connectivity index (χ3v) is 6.26. The van der Waals surface area contributed by atoms with E-state index in [2.05, 4.69) is 15.5 Å². The largest absolute Gasteiger partial charge is 0.469 e. The number of para-hydroxylation sites is 1. The van der Waals surface area contributed by atoms with Crippen LogP contribution >= 0.6 is 23.5 Å². The zero-order chi connectivity index (χ0) is 20.9. The fourth-order valence-corrected chi connectivity index (χ4v) is 4.35. The predicted octanol–water partition coefficient (Wildman–Crippen LogP) is 4.44. The van der Waals surface area contributed by atoms with E-state index in [1.165, 1.54) is 16.4 Å². The molecular weight excluding hydrogens is 418 g/mol. The fourth-order valence-electron chi connectivity index (χ4n) is 2.77. The summed E-state index contributed by atoms with van der Waals surface area (Å²) in [6.07, 6.45) is 1.57. The Morgan fingerprint density at radius 1 is 1.10 bits per heavy atom. The molecule has 0 aliphatic heterocycles. The normalized spacial score (nSPS) is 10.8. The number of nitrogen functional groups attached to an aromatic ring is 1. The molecule has 0 saturated carbocycles. The summed E-state index contributed by atoms with van der Waals surface area (Å²) in [5.41, 5.74) is 1.54. The van der Waals surface area contributed by atoms with Gasteiger partial charge < -0.3 is 15.6 Å². The maximum Gasteiger partial charge on any atom is 0.234 e. The first-order chi connectivity index (χ1) is 14.6. The third kappa shape index (κ3) is 4.52. The molecular formula is C21H19N5O2S2. The number of furan rings is 1. The van der Waals surface area contributed by atoms with Gasteiger partial charge in [-0.1, -0.05) is 53.9 Å². The highest BCUT2D eigenvalue weighted by molar-refractivity contribution is 8.00. The minimum Gasteiger partial charge on any atom is -0.469 e. The van der Waals surface area contributed by atoms with E-state index >= 15 is 0 Å². The van der Waals surface area contributed by atoms with Crippen molar-refractivity contribution in [1.29, 1.82) is 0 Å². The van der Waals surface area contributed by atoms with E-state index < -0.39 is 0 Å². The predicted molar refractivity (Wildman–Crippen MR) is 119 cm³/mol. The van der Waals surface area contributed by atoms with Gasteiger partial charge in [-0.2, -0.15) is 0 Å². The first kappa shape index (κ1) is 20.1. The van der Waals surface area contributed by atoms with E-state index in [9.17, 15) is 4.79 Å². The van der Waals surface area contributed by atoms with Crippen LogP contribution in [0.3, 0.4) is 0 Å². The van der Waals surface area contributed by atoms with Crippen molar-refractivity contribution in [3.8, 4) is 11.4 Å². The summed E-state index contributed by atoms with van der Waals surface area (Å²) < 4.78 is 6.66. The van der Waals surface area contributed by atoms with Crippen molar-refractivity contribution in [3.05, 3.63) is 72.7 Å². The smallest absolute Gasteiger partial charge is 0.234 e. The number of nitrogens with two attached hydrogens (primary N) is 1. The zero-order valence-electron chi connectivity index (χ0n) is 16.1. The number of rotatable bonds is 7. The van der Waals surface area contributed by atoms with E-state index in [1.807, 2.05) is 61.5 Å². The van der Waals surface area contributed by atoms with Crippen molar-refractivity contribution in [3.63, 3.8) is 0 Å². The number of carbonyl (C=O) groups excluding carboxylic acids is 1. The van der Waals surface area contributed by atoms with Crippen LogP contribution in [0.2, 0.25) is 0 Å². The molecule has 4 rings (SSSR count). The standard InChI is InChI=1S/C21H19N5O2S2/c1-14-16(11-12-28-14)20-24-25-21(26(20)22)29-13-19(27)23-17-9-5-6-10-18(17)30-15-7-3-2-4-8-15/h2-12H,13,22H2,1H3,(H,23,27). The molecule has 0 fully saturated rings. The van der Waals surface area contributed by atoms with Crippen LogP contribution in [0.15, 0.2) is 86.3 Å². The van der Waals surface area contributed by atoms with E-state index in [4.69, 9.17) is 10.3 Å². The quantitative estimate of drug-likeness (QED) is 0.326. The molecule has 3 N–H and O–H groups in total. The Kier molecular flexibility index (Phi) is 6.10. The van der Waals surface area contributed by atoms with Gasteiger partial charge in [0, 0.05) is 9.79 Å². The number of aromatic nitrogens is 3. The van der Waals surface area contributed by atoms with Crippen molar-refractivity contribution < 1.29 is 9.21 Å². The van der Waals surface area contributed by atoms with Crippen LogP contribution in [0.25, 0.3) is 11.4 Å². The number of nitrogens with zero attached hydrogens (tertiary/aromatic N) is 3. The average Bonchev–Trinajstić information content (AvgIpc) is 3.33. The highest BCUT2D eigenvalue weighted by Gasteiger charge is 2.17. The highest BCUT2D eigenvalue weighted by Crippen LogP contribution is 2.33. The SMILES string of the molecule is Cc1occc1-c1nnc(SCC(=O)Nc2ccccc2Sc2ccccc2)n1N. The summed E-state index contributed by atoms with van der Waals surface area (Å²) >= 11 is 2.82. The second-order valence-corrected chi connectivity index (χ2v) is 8.37. The number of hydrogen-bond acceptors (Lipinski definition) is 7. The monoisotopic (exact) mass is 437 g/mol. The molecule has 4 aromatic rings. The van der Waals surface area contributed by atoms with Crippen LogP contribution < -0.4 is 11.2 Å². The summed E-state index contributed by atoms with van der Waals surface area (Å²) in [7, 11) is 0. The van der Waals surface area contributed by atoms with E-state index in [1.54, 1.807) is 24.1 Å². The summed E-state index contributed by atoms with van der Waals surface area (Å²) in [4.78, 5) is 14.6. The van der Waals surface area contributed by atoms with Crippen molar-refractivity contribution in [1.82, 2.24) is 14.9 Å². The van der Waals surface area contributed by atoms with Gasteiger partial charge in [-0.3, -0.25) is 4.79 Å². The van der Waals surface area contributed by atoms with Gasteiger partial charge in [0.15, 0.2) is 5.82 Å². The van der Waals surface area contributed by atoms with Gasteiger partial charge in [-0.25, -0.2) is 4.68 Å². The second kappa shape index (κ2) is 9.10. The minimum atomic E-state index is -0.148. The van der Waals surface area contributed by atoms with Gasteiger partial charge in [-0.05, 0) is 37.3 Å². The van der Waals surface area contributed by atoms with E-state index in [-0.39, 0.29) is 11.7 Å². The molecule has 0 radical (unpaired) electrons. The highest BCUT2D eigenvalue weighted by atomic mass is 32.2. The maximum atomic E-state index is 12.5. The second-order valence-electron chi connectivity index (χ2n) is 6.31. The van der Waals surface area contributed by atoms with Crippen LogP contribution in [0, 0.1) is 6.92 Å². The lowest BCUT2D eigenvalue weighted by Gasteiger charge is -2.10. The lowest BCUT2D eigenvalue weighted by molar-refractivity contribution is -0.113. The van der Waals surface area contributed by atoms with Gasteiger partial charge in [-0.15, -0.1) is 10.2 Å². The molecule has 2 aromatic heterocycles. The molecule has 1 amide bonds. The number of nitrogens with one attached hydrogen (secondary N) is 1. The van der Waals surface area contributed by atoms with Crippen LogP contribution in [0.1, 0.15) is 5.76 Å². The Hall–Kier alpha value is -3.17. The topological polar surface area (TPSA) is 99.0 Å². The molecule has 0 unspecified atom stereocenters. The molecule has 30 heavy (non-hydrogen) atoms. The molecule has 7 nitrogen and oxygen atoms in total. The third-order valence-electron chi connectivity index (χ3n) is 4.23. The van der Waals surface area contributed by atoms with Gasteiger partial charge in [0.05, 0.1) is 23.3 Å². The number of hydrogen-bond donors (Lipinski definition) is 2. The Balaban J connectivity index is 1.41. The molecule has 0 aliphatic rings. The van der Waals surface area contributed by atoms with Crippen LogP contribution in [0.5, 0.6) is 0 Å². The molecule has 152 valence electrons. The van der Waals surface area contributed by atoms with Gasteiger partial charge in [0.2, 0.25) is 11.1 Å². The maximum absolute atomic E-state index is 12.5. The van der Waals surface area contributed by atoms with E-state index in [0.29, 0.717) is 16.7 Å². The molecule has 0 aliphatic carbocycles. The zero-order valence-corrected chi connectivity index (χ0v) is 17.7. The van der Waals surface area contributed by atoms with Crippen molar-refractivity contribution in [2.24, 2.45) is 0 Å². The Morgan fingerprint density at radius 2 is 1.87 bits per heavy atom. The Morgan fingerprint density at radius 3 is 2.63 bits per heavy atom. The lowest BCUT2D eigenvalue weighted by atomic mass is 10.2. The van der Waals surface area contributed by atoms with Crippen molar-refractivity contribution >= 4 is 35.1 Å². The Bertz CT molecular complexity index is 1160. The van der Waals surface area contributed by atoms with Crippen molar-refractivity contribution in [2.45, 2.75) is 21.9 Å². The van der Waals surface area contributed by atoms with Crippen molar-refractivity contribution in [2.75, 3.05) is 16.9 Å². The van der Waals surface area contributed by atoms with Crippen LogP contribution in [-0.4, -0.2) is 26.5 Å². The minimum absolute atomic E-state index is 0.148.